The lowest BCUT2D eigenvalue weighted by molar-refractivity contribution is -0.185. The first kappa shape index (κ1) is 29.6. The van der Waals surface area contributed by atoms with Crippen molar-refractivity contribution in [3.8, 4) is 0 Å². The summed E-state index contributed by atoms with van der Waals surface area (Å²) in [7, 11) is 2.47. The highest BCUT2D eigenvalue weighted by atomic mass is 16.7. The van der Waals surface area contributed by atoms with Gasteiger partial charge in [0, 0.05) is 48.3 Å². The minimum absolute atomic E-state index is 0.0836. The van der Waals surface area contributed by atoms with Crippen LogP contribution < -0.4 is 0 Å². The van der Waals surface area contributed by atoms with Crippen molar-refractivity contribution in [1.29, 1.82) is 0 Å². The standard InChI is InChI=1S/C9H16O5.C7H12O4.CH4O/c1-6(14-8(3)11)9(12-4)5-13-7(2)10;1-4-7(10-5(2)8)11-6(3)9;1-2/h6,9H,5H2,1-4H3;7H,4H2,1-3H3;2H,1H3. The number of ether oxygens (including phenoxy) is 5. The van der Waals surface area contributed by atoms with Crippen LogP contribution in [0.3, 0.4) is 0 Å². The van der Waals surface area contributed by atoms with Crippen molar-refractivity contribution in [3.05, 3.63) is 0 Å². The van der Waals surface area contributed by atoms with E-state index in [1.165, 1.54) is 34.8 Å². The molecule has 2 unspecified atom stereocenters. The molecule has 2 atom stereocenters. The first-order valence-corrected chi connectivity index (χ1v) is 8.15. The summed E-state index contributed by atoms with van der Waals surface area (Å²) < 4.78 is 23.9. The van der Waals surface area contributed by atoms with Gasteiger partial charge in [0.25, 0.3) is 0 Å². The van der Waals surface area contributed by atoms with Crippen molar-refractivity contribution in [3.63, 3.8) is 0 Å². The van der Waals surface area contributed by atoms with Crippen molar-refractivity contribution in [2.24, 2.45) is 0 Å². The fourth-order valence-electron chi connectivity index (χ4n) is 1.49. The molecular formula is C17H32O10. The second-order valence-corrected chi connectivity index (χ2v) is 4.95. The van der Waals surface area contributed by atoms with Gasteiger partial charge in [0.15, 0.2) is 0 Å². The summed E-state index contributed by atoms with van der Waals surface area (Å²) >= 11 is 0. The zero-order valence-electron chi connectivity index (χ0n) is 17.3. The summed E-state index contributed by atoms with van der Waals surface area (Å²) in [4.78, 5) is 41.9. The van der Waals surface area contributed by atoms with Crippen LogP contribution in [0.4, 0.5) is 0 Å². The number of methoxy groups -OCH3 is 1. The lowest BCUT2D eigenvalue weighted by Gasteiger charge is -2.21. The van der Waals surface area contributed by atoms with Crippen molar-refractivity contribution in [1.82, 2.24) is 0 Å². The molecular weight excluding hydrogens is 364 g/mol. The summed E-state index contributed by atoms with van der Waals surface area (Å²) in [5.41, 5.74) is 0. The van der Waals surface area contributed by atoms with Crippen molar-refractivity contribution < 1.29 is 48.0 Å². The SMILES string of the molecule is CCC(OC(C)=O)OC(C)=O.CO.COC(COC(C)=O)C(C)OC(C)=O. The fourth-order valence-corrected chi connectivity index (χ4v) is 1.49. The molecule has 0 aliphatic heterocycles. The van der Waals surface area contributed by atoms with Crippen molar-refractivity contribution in [2.75, 3.05) is 20.8 Å². The quantitative estimate of drug-likeness (QED) is 0.359. The molecule has 0 aromatic heterocycles. The molecule has 0 bridgehead atoms. The Kier molecular flexibility index (Phi) is 20.3. The van der Waals surface area contributed by atoms with E-state index in [2.05, 4.69) is 9.47 Å². The van der Waals surface area contributed by atoms with E-state index in [1.807, 2.05) is 0 Å². The fraction of sp³-hybridized carbons (Fsp3) is 0.765. The number of rotatable bonds is 8. The van der Waals surface area contributed by atoms with Crippen LogP contribution in [0.1, 0.15) is 48.0 Å². The van der Waals surface area contributed by atoms with Gasteiger partial charge in [-0.05, 0) is 6.92 Å². The zero-order chi connectivity index (χ0) is 22.0. The van der Waals surface area contributed by atoms with Gasteiger partial charge in [-0.1, -0.05) is 6.92 Å². The van der Waals surface area contributed by atoms with Crippen LogP contribution in [0.2, 0.25) is 0 Å². The monoisotopic (exact) mass is 396 g/mol. The van der Waals surface area contributed by atoms with Gasteiger partial charge in [0.05, 0.1) is 0 Å². The molecule has 27 heavy (non-hydrogen) atoms. The number of hydrogen-bond donors (Lipinski definition) is 1. The Hall–Kier alpha value is -2.20. The van der Waals surface area contributed by atoms with Gasteiger partial charge in [0.2, 0.25) is 6.29 Å². The van der Waals surface area contributed by atoms with Crippen LogP contribution in [-0.2, 0) is 42.9 Å². The molecule has 0 rings (SSSR count). The van der Waals surface area contributed by atoms with E-state index in [4.69, 9.17) is 19.3 Å². The number of aliphatic hydroxyl groups excluding tert-OH is 1. The van der Waals surface area contributed by atoms with Gasteiger partial charge in [0.1, 0.15) is 18.8 Å². The molecule has 0 heterocycles. The van der Waals surface area contributed by atoms with Crippen LogP contribution in [0.5, 0.6) is 0 Å². The molecule has 0 aliphatic rings. The Labute approximate surface area is 160 Å². The molecule has 10 nitrogen and oxygen atoms in total. The second-order valence-electron chi connectivity index (χ2n) is 4.95. The van der Waals surface area contributed by atoms with E-state index in [9.17, 15) is 19.2 Å². The zero-order valence-corrected chi connectivity index (χ0v) is 17.3. The van der Waals surface area contributed by atoms with Gasteiger partial charge in [-0.25, -0.2) is 0 Å². The maximum atomic E-state index is 10.6. The Morgan fingerprint density at radius 3 is 1.48 bits per heavy atom. The Balaban J connectivity index is -0.000000400. The highest BCUT2D eigenvalue weighted by molar-refractivity contribution is 5.68. The van der Waals surface area contributed by atoms with Gasteiger partial charge in [-0.3, -0.25) is 19.2 Å². The van der Waals surface area contributed by atoms with Crippen LogP contribution in [-0.4, -0.2) is 68.3 Å². The molecule has 0 aromatic rings. The Morgan fingerprint density at radius 1 is 0.815 bits per heavy atom. The molecule has 0 saturated heterocycles. The Morgan fingerprint density at radius 2 is 1.22 bits per heavy atom. The normalized spacial score (nSPS) is 11.5. The summed E-state index contributed by atoms with van der Waals surface area (Å²) in [5.74, 6) is -1.67. The van der Waals surface area contributed by atoms with E-state index >= 15 is 0 Å². The van der Waals surface area contributed by atoms with E-state index in [0.29, 0.717) is 6.42 Å². The number of carbonyl (C=O) groups excluding carboxylic acids is 4. The number of aliphatic hydroxyl groups is 1. The molecule has 0 aliphatic carbocycles. The van der Waals surface area contributed by atoms with Crippen LogP contribution in [0.15, 0.2) is 0 Å². The second kappa shape index (κ2) is 18.6. The molecule has 0 spiro atoms. The highest BCUT2D eigenvalue weighted by Gasteiger charge is 2.20. The predicted molar refractivity (Wildman–Crippen MR) is 94.4 cm³/mol. The molecule has 0 aromatic carbocycles. The smallest absolute Gasteiger partial charge is 0.305 e. The number of hydrogen-bond acceptors (Lipinski definition) is 10. The minimum atomic E-state index is -0.731. The van der Waals surface area contributed by atoms with Gasteiger partial charge in [-0.2, -0.15) is 0 Å². The van der Waals surface area contributed by atoms with Crippen LogP contribution >= 0.6 is 0 Å². The first-order valence-electron chi connectivity index (χ1n) is 8.15. The lowest BCUT2D eigenvalue weighted by atomic mass is 10.2. The molecule has 160 valence electrons. The lowest BCUT2D eigenvalue weighted by Crippen LogP contribution is -2.34. The molecule has 10 heteroatoms. The summed E-state index contributed by atoms with van der Waals surface area (Å²) in [6.07, 6.45) is -1.12. The van der Waals surface area contributed by atoms with Gasteiger partial charge >= 0.3 is 23.9 Å². The number of carbonyl (C=O) groups is 4. The molecule has 0 amide bonds. The van der Waals surface area contributed by atoms with E-state index in [-0.39, 0.29) is 18.5 Å². The van der Waals surface area contributed by atoms with Gasteiger partial charge in [-0.15, -0.1) is 0 Å². The summed E-state index contributed by atoms with van der Waals surface area (Å²) in [5, 5.41) is 7.00. The topological polar surface area (TPSA) is 135 Å². The highest BCUT2D eigenvalue weighted by Crippen LogP contribution is 2.04. The predicted octanol–water partition coefficient (Wildman–Crippen LogP) is 0.973. The largest absolute Gasteiger partial charge is 0.463 e. The van der Waals surface area contributed by atoms with E-state index in [1.54, 1.807) is 13.8 Å². The first-order chi connectivity index (χ1) is 12.5. The maximum absolute atomic E-state index is 10.6. The average Bonchev–Trinajstić information content (AvgIpc) is 2.55. The van der Waals surface area contributed by atoms with E-state index < -0.39 is 30.4 Å². The van der Waals surface area contributed by atoms with Crippen molar-refractivity contribution in [2.45, 2.75) is 66.5 Å². The molecule has 0 fully saturated rings. The average molecular weight is 396 g/mol. The number of esters is 4. The summed E-state index contributed by atoms with van der Waals surface area (Å²) in [6, 6.07) is 0. The van der Waals surface area contributed by atoms with Crippen molar-refractivity contribution >= 4 is 23.9 Å². The molecule has 0 saturated carbocycles. The maximum Gasteiger partial charge on any atom is 0.305 e. The van der Waals surface area contributed by atoms with E-state index in [0.717, 1.165) is 7.11 Å². The third-order valence-electron chi connectivity index (χ3n) is 2.56. The molecule has 1 N–H and O–H groups in total. The van der Waals surface area contributed by atoms with Gasteiger partial charge < -0.3 is 28.8 Å². The molecule has 0 radical (unpaired) electrons. The third kappa shape index (κ3) is 21.8. The van der Waals surface area contributed by atoms with Crippen LogP contribution in [0, 0.1) is 0 Å². The van der Waals surface area contributed by atoms with Crippen LogP contribution in [0.25, 0.3) is 0 Å². The Bertz CT molecular complexity index is 419. The summed E-state index contributed by atoms with van der Waals surface area (Å²) in [6.45, 7) is 8.69. The minimum Gasteiger partial charge on any atom is -0.463 e. The third-order valence-corrected chi connectivity index (χ3v) is 2.56.